The average molecular weight is 268 g/mol. The minimum absolute atomic E-state index is 0.722. The molecule has 1 heterocycles. The van der Waals surface area contributed by atoms with Gasteiger partial charge in [-0.05, 0) is 30.9 Å². The summed E-state index contributed by atoms with van der Waals surface area (Å²) in [7, 11) is 3.30. The van der Waals surface area contributed by atoms with Crippen LogP contribution in [0.25, 0.3) is 10.9 Å². The molecule has 0 spiro atoms. The second-order valence-electron chi connectivity index (χ2n) is 4.21. The Hall–Kier alpha value is -1.35. The highest BCUT2D eigenvalue weighted by atomic mass is 35.5. The van der Waals surface area contributed by atoms with Crippen molar-refractivity contribution < 1.29 is 9.47 Å². The minimum atomic E-state index is 0.722. The number of aromatic amines is 1. The van der Waals surface area contributed by atoms with Gasteiger partial charge in [-0.25, -0.2) is 0 Å². The van der Waals surface area contributed by atoms with Crippen LogP contribution in [-0.2, 0) is 6.42 Å². The van der Waals surface area contributed by atoms with Gasteiger partial charge in [0.05, 0.1) is 14.2 Å². The van der Waals surface area contributed by atoms with Crippen molar-refractivity contribution in [3.8, 4) is 11.5 Å². The molecule has 1 aromatic heterocycles. The first-order chi connectivity index (χ1) is 8.80. The highest BCUT2D eigenvalue weighted by Gasteiger charge is 2.10. The highest BCUT2D eigenvalue weighted by molar-refractivity contribution is 6.17. The van der Waals surface area contributed by atoms with E-state index in [0.29, 0.717) is 0 Å². The lowest BCUT2D eigenvalue weighted by molar-refractivity contribution is 0.356. The monoisotopic (exact) mass is 267 g/mol. The number of rotatable bonds is 6. The van der Waals surface area contributed by atoms with Gasteiger partial charge in [0.1, 0.15) is 0 Å². The van der Waals surface area contributed by atoms with Crippen LogP contribution in [0.15, 0.2) is 18.3 Å². The third-order valence-corrected chi connectivity index (χ3v) is 3.37. The summed E-state index contributed by atoms with van der Waals surface area (Å²) in [4.78, 5) is 3.27. The van der Waals surface area contributed by atoms with E-state index in [1.807, 2.05) is 12.1 Å². The van der Waals surface area contributed by atoms with Crippen LogP contribution in [0, 0.1) is 0 Å². The largest absolute Gasteiger partial charge is 0.493 e. The highest BCUT2D eigenvalue weighted by Crippen LogP contribution is 2.33. The van der Waals surface area contributed by atoms with Gasteiger partial charge in [0.25, 0.3) is 0 Å². The van der Waals surface area contributed by atoms with Gasteiger partial charge in [0, 0.05) is 29.0 Å². The van der Waals surface area contributed by atoms with Crippen molar-refractivity contribution in [1.29, 1.82) is 0 Å². The number of fused-ring (bicyclic) bond motifs is 1. The van der Waals surface area contributed by atoms with E-state index < -0.39 is 0 Å². The molecule has 0 aliphatic carbocycles. The summed E-state index contributed by atoms with van der Waals surface area (Å²) < 4.78 is 10.6. The fourth-order valence-corrected chi connectivity index (χ4v) is 2.31. The summed E-state index contributed by atoms with van der Waals surface area (Å²) in [5.74, 6) is 2.24. The number of aromatic nitrogens is 1. The molecule has 4 heteroatoms. The molecule has 98 valence electrons. The number of benzene rings is 1. The molecule has 0 atom stereocenters. The molecule has 0 radical (unpaired) electrons. The number of hydrogen-bond acceptors (Lipinski definition) is 2. The molecule has 0 saturated heterocycles. The second kappa shape index (κ2) is 6.01. The zero-order valence-corrected chi connectivity index (χ0v) is 11.5. The zero-order valence-electron chi connectivity index (χ0n) is 10.8. The Morgan fingerprint density at radius 1 is 1.11 bits per heavy atom. The molecule has 3 nitrogen and oxygen atoms in total. The number of unbranched alkanes of at least 4 members (excludes halogenated alkanes) is 1. The summed E-state index contributed by atoms with van der Waals surface area (Å²) >= 11 is 5.70. The topological polar surface area (TPSA) is 34.2 Å². The summed E-state index contributed by atoms with van der Waals surface area (Å²) in [6.45, 7) is 0. The number of ether oxygens (including phenoxy) is 2. The summed E-state index contributed by atoms with van der Waals surface area (Å²) in [6.07, 6.45) is 5.23. The van der Waals surface area contributed by atoms with Gasteiger partial charge in [-0.3, -0.25) is 0 Å². The lowest BCUT2D eigenvalue weighted by atomic mass is 10.1. The first-order valence-corrected chi connectivity index (χ1v) is 6.61. The van der Waals surface area contributed by atoms with Crippen LogP contribution in [0.4, 0.5) is 0 Å². The van der Waals surface area contributed by atoms with E-state index in [1.54, 1.807) is 14.2 Å². The van der Waals surface area contributed by atoms with Crippen molar-refractivity contribution in [3.63, 3.8) is 0 Å². The van der Waals surface area contributed by atoms with Crippen LogP contribution in [0.1, 0.15) is 18.4 Å². The zero-order chi connectivity index (χ0) is 13.0. The molecular weight excluding hydrogens is 250 g/mol. The molecule has 0 bridgehead atoms. The first kappa shape index (κ1) is 13.1. The van der Waals surface area contributed by atoms with Gasteiger partial charge in [0.2, 0.25) is 0 Å². The molecule has 0 amide bonds. The van der Waals surface area contributed by atoms with Crippen molar-refractivity contribution >= 4 is 22.5 Å². The van der Waals surface area contributed by atoms with Gasteiger partial charge >= 0.3 is 0 Å². The van der Waals surface area contributed by atoms with Crippen LogP contribution < -0.4 is 9.47 Å². The molecule has 0 unspecified atom stereocenters. The maximum Gasteiger partial charge on any atom is 0.162 e. The van der Waals surface area contributed by atoms with Crippen molar-refractivity contribution in [1.82, 2.24) is 4.98 Å². The Morgan fingerprint density at radius 3 is 2.50 bits per heavy atom. The molecule has 0 aliphatic heterocycles. The normalized spacial score (nSPS) is 10.8. The molecule has 1 aromatic carbocycles. The predicted octanol–water partition coefficient (Wildman–Crippen LogP) is 3.75. The Labute approximate surface area is 112 Å². The summed E-state index contributed by atoms with van der Waals surface area (Å²) in [6, 6.07) is 4.00. The first-order valence-electron chi connectivity index (χ1n) is 6.08. The third-order valence-electron chi connectivity index (χ3n) is 3.10. The van der Waals surface area contributed by atoms with E-state index in [9.17, 15) is 0 Å². The van der Waals surface area contributed by atoms with Crippen LogP contribution >= 0.6 is 11.6 Å². The van der Waals surface area contributed by atoms with Gasteiger partial charge in [-0.1, -0.05) is 0 Å². The Morgan fingerprint density at radius 2 is 1.83 bits per heavy atom. The smallest absolute Gasteiger partial charge is 0.162 e. The SMILES string of the molecule is COc1cc2[nH]cc(CCCCCl)c2cc1OC. The Bertz CT molecular complexity index is 522. The molecule has 2 rings (SSSR count). The molecule has 0 fully saturated rings. The Kier molecular flexibility index (Phi) is 4.37. The third kappa shape index (κ3) is 2.56. The summed E-state index contributed by atoms with van der Waals surface area (Å²) in [5.41, 5.74) is 2.38. The van der Waals surface area contributed by atoms with E-state index in [1.165, 1.54) is 10.9 Å². The van der Waals surface area contributed by atoms with Gasteiger partial charge in [-0.15, -0.1) is 11.6 Å². The summed E-state index contributed by atoms with van der Waals surface area (Å²) in [5, 5.41) is 1.20. The van der Waals surface area contributed by atoms with Gasteiger partial charge in [-0.2, -0.15) is 0 Å². The van der Waals surface area contributed by atoms with Crippen molar-refractivity contribution in [2.75, 3.05) is 20.1 Å². The number of halogens is 1. The lowest BCUT2D eigenvalue weighted by Crippen LogP contribution is -1.91. The van der Waals surface area contributed by atoms with Gasteiger partial charge in [0.15, 0.2) is 11.5 Å². The van der Waals surface area contributed by atoms with E-state index in [0.717, 1.165) is 42.2 Å². The van der Waals surface area contributed by atoms with Gasteiger partial charge < -0.3 is 14.5 Å². The molecule has 18 heavy (non-hydrogen) atoms. The Balaban J connectivity index is 2.33. The van der Waals surface area contributed by atoms with E-state index >= 15 is 0 Å². The van der Waals surface area contributed by atoms with E-state index in [2.05, 4.69) is 11.2 Å². The quantitative estimate of drug-likeness (QED) is 0.639. The van der Waals surface area contributed by atoms with Crippen LogP contribution in [0.2, 0.25) is 0 Å². The van der Waals surface area contributed by atoms with Crippen molar-refractivity contribution in [2.45, 2.75) is 19.3 Å². The van der Waals surface area contributed by atoms with Crippen LogP contribution in [0.3, 0.4) is 0 Å². The molecular formula is C14H18ClNO2. The van der Waals surface area contributed by atoms with Crippen LogP contribution in [0.5, 0.6) is 11.5 Å². The number of methoxy groups -OCH3 is 2. The number of nitrogens with one attached hydrogen (secondary N) is 1. The second-order valence-corrected chi connectivity index (χ2v) is 4.59. The predicted molar refractivity (Wildman–Crippen MR) is 75.1 cm³/mol. The van der Waals surface area contributed by atoms with E-state index in [-0.39, 0.29) is 0 Å². The molecule has 0 aliphatic rings. The average Bonchev–Trinajstić information content (AvgIpc) is 2.80. The molecule has 0 saturated carbocycles. The number of hydrogen-bond donors (Lipinski definition) is 1. The minimum Gasteiger partial charge on any atom is -0.493 e. The maximum absolute atomic E-state index is 5.70. The van der Waals surface area contributed by atoms with Crippen molar-refractivity contribution in [2.24, 2.45) is 0 Å². The number of H-pyrrole nitrogens is 1. The standard InChI is InChI=1S/C14H18ClNO2/c1-17-13-7-11-10(5-3-4-6-15)9-16-12(11)8-14(13)18-2/h7-9,16H,3-6H2,1-2H3. The maximum atomic E-state index is 5.70. The van der Waals surface area contributed by atoms with Crippen molar-refractivity contribution in [3.05, 3.63) is 23.9 Å². The van der Waals surface area contributed by atoms with Crippen LogP contribution in [-0.4, -0.2) is 25.1 Å². The van der Waals surface area contributed by atoms with E-state index in [4.69, 9.17) is 21.1 Å². The number of aryl methyl sites for hydroxylation is 1. The lowest BCUT2D eigenvalue weighted by Gasteiger charge is -2.08. The fraction of sp³-hybridized carbons (Fsp3) is 0.429. The molecule has 1 N–H and O–H groups in total. The number of alkyl halides is 1. The molecule has 2 aromatic rings. The fourth-order valence-electron chi connectivity index (χ4n) is 2.12.